The molecule has 1 aliphatic heterocycles. The second kappa shape index (κ2) is 7.47. The summed E-state index contributed by atoms with van der Waals surface area (Å²) in [7, 11) is 3.49. The van der Waals surface area contributed by atoms with E-state index in [2.05, 4.69) is 4.98 Å². The van der Waals surface area contributed by atoms with Crippen molar-refractivity contribution in [1.29, 1.82) is 0 Å². The van der Waals surface area contributed by atoms with E-state index in [9.17, 15) is 9.59 Å². The number of carbonyl (C=O) groups excluding carboxylic acids is 2. The summed E-state index contributed by atoms with van der Waals surface area (Å²) in [6.07, 6.45) is 4.69. The van der Waals surface area contributed by atoms with Crippen molar-refractivity contribution in [3.8, 4) is 0 Å². The predicted molar refractivity (Wildman–Crippen MR) is 97.7 cm³/mol. The first-order chi connectivity index (χ1) is 12.1. The molecule has 2 amide bonds. The molecule has 0 radical (unpaired) electrons. The molecular weight excluding hydrogens is 314 g/mol. The summed E-state index contributed by atoms with van der Waals surface area (Å²) in [5, 5.41) is 0. The van der Waals surface area contributed by atoms with Gasteiger partial charge in [0, 0.05) is 50.2 Å². The normalized spacial score (nSPS) is 12.8. The van der Waals surface area contributed by atoms with Crippen LogP contribution in [0.2, 0.25) is 0 Å². The molecular formula is C20H23N3O2. The molecule has 1 aromatic heterocycles. The molecule has 25 heavy (non-hydrogen) atoms. The van der Waals surface area contributed by atoms with Gasteiger partial charge in [0.05, 0.1) is 0 Å². The number of amides is 2. The summed E-state index contributed by atoms with van der Waals surface area (Å²) >= 11 is 0. The Morgan fingerprint density at radius 2 is 2.04 bits per heavy atom. The molecule has 0 spiro atoms. The number of aromatic nitrogens is 1. The van der Waals surface area contributed by atoms with E-state index in [1.807, 2.05) is 35.2 Å². The number of hydrogen-bond acceptors (Lipinski definition) is 3. The van der Waals surface area contributed by atoms with Crippen molar-refractivity contribution in [1.82, 2.24) is 9.88 Å². The van der Waals surface area contributed by atoms with E-state index in [0.717, 1.165) is 36.2 Å². The van der Waals surface area contributed by atoms with Gasteiger partial charge in [-0.1, -0.05) is 6.07 Å². The third-order valence-electron chi connectivity index (χ3n) is 4.48. The molecule has 0 bridgehead atoms. The number of aryl methyl sites for hydroxylation is 1. The Bertz CT molecular complexity index is 772. The lowest BCUT2D eigenvalue weighted by Crippen LogP contribution is -2.28. The summed E-state index contributed by atoms with van der Waals surface area (Å²) in [6.45, 7) is 0.692. The number of pyridine rings is 1. The van der Waals surface area contributed by atoms with Crippen LogP contribution >= 0.6 is 0 Å². The maximum Gasteiger partial charge on any atom is 0.253 e. The maximum atomic E-state index is 12.6. The topological polar surface area (TPSA) is 53.5 Å². The Labute approximate surface area is 148 Å². The van der Waals surface area contributed by atoms with Gasteiger partial charge in [0.25, 0.3) is 5.91 Å². The van der Waals surface area contributed by atoms with Gasteiger partial charge < -0.3 is 9.80 Å². The number of nitrogens with zero attached hydrogens (tertiary/aromatic N) is 3. The minimum Gasteiger partial charge on any atom is -0.345 e. The molecule has 0 N–H and O–H groups in total. The molecule has 0 unspecified atom stereocenters. The minimum atomic E-state index is -0.0112. The van der Waals surface area contributed by atoms with Crippen LogP contribution in [0.25, 0.3) is 0 Å². The van der Waals surface area contributed by atoms with Crippen LogP contribution in [0, 0.1) is 0 Å². The van der Waals surface area contributed by atoms with Crippen LogP contribution in [0.15, 0.2) is 42.6 Å². The first-order valence-electron chi connectivity index (χ1n) is 8.61. The van der Waals surface area contributed by atoms with Gasteiger partial charge >= 0.3 is 0 Å². The highest BCUT2D eigenvalue weighted by atomic mass is 16.2. The molecule has 0 fully saturated rings. The first-order valence-corrected chi connectivity index (χ1v) is 8.61. The Morgan fingerprint density at radius 1 is 1.20 bits per heavy atom. The maximum absolute atomic E-state index is 12.6. The molecule has 130 valence electrons. The van der Waals surface area contributed by atoms with Crippen LogP contribution in [0.1, 0.15) is 34.5 Å². The van der Waals surface area contributed by atoms with Crippen molar-refractivity contribution >= 4 is 17.5 Å². The van der Waals surface area contributed by atoms with E-state index in [1.54, 1.807) is 31.3 Å². The highest BCUT2D eigenvalue weighted by molar-refractivity contribution is 5.98. The highest BCUT2D eigenvalue weighted by Gasteiger charge is 2.25. The fraction of sp³-hybridized carbons (Fsp3) is 0.350. The van der Waals surface area contributed by atoms with Crippen molar-refractivity contribution in [3.63, 3.8) is 0 Å². The number of benzene rings is 1. The van der Waals surface area contributed by atoms with Crippen molar-refractivity contribution in [2.24, 2.45) is 0 Å². The Kier molecular flexibility index (Phi) is 5.12. The number of rotatable bonds is 5. The molecule has 0 atom stereocenters. The van der Waals surface area contributed by atoms with Crippen LogP contribution in [0.3, 0.4) is 0 Å². The fourth-order valence-corrected chi connectivity index (χ4v) is 3.15. The standard InChI is InChI=1S/C20H23N3O2/c1-22(2)20(25)16-9-10-18-15(14-16)11-13-23(18)19(24)8-5-7-17-6-3-4-12-21-17/h3-4,6,9-10,12,14H,5,7-8,11,13H2,1-2H3. The van der Waals surface area contributed by atoms with Gasteiger partial charge in [-0.15, -0.1) is 0 Å². The van der Waals surface area contributed by atoms with Gasteiger partial charge in [0.15, 0.2) is 0 Å². The molecule has 1 aliphatic rings. The molecule has 1 aromatic carbocycles. The number of fused-ring (bicyclic) bond motifs is 1. The molecule has 2 aromatic rings. The molecule has 5 heteroatoms. The van der Waals surface area contributed by atoms with Gasteiger partial charge in [-0.05, 0) is 55.2 Å². The van der Waals surface area contributed by atoms with Crippen LogP contribution in [0.5, 0.6) is 0 Å². The highest BCUT2D eigenvalue weighted by Crippen LogP contribution is 2.30. The van der Waals surface area contributed by atoms with E-state index in [4.69, 9.17) is 0 Å². The zero-order valence-electron chi connectivity index (χ0n) is 14.7. The zero-order chi connectivity index (χ0) is 17.8. The Balaban J connectivity index is 1.62. The number of anilines is 1. The molecule has 0 saturated carbocycles. The smallest absolute Gasteiger partial charge is 0.253 e. The Morgan fingerprint density at radius 3 is 2.76 bits per heavy atom. The lowest BCUT2D eigenvalue weighted by atomic mass is 10.1. The average Bonchev–Trinajstić information content (AvgIpc) is 3.05. The second-order valence-corrected chi connectivity index (χ2v) is 6.51. The van der Waals surface area contributed by atoms with Gasteiger partial charge in [-0.3, -0.25) is 14.6 Å². The van der Waals surface area contributed by atoms with Crippen molar-refractivity contribution < 1.29 is 9.59 Å². The van der Waals surface area contributed by atoms with Crippen LogP contribution in [-0.2, 0) is 17.6 Å². The van der Waals surface area contributed by atoms with E-state index in [1.165, 1.54) is 0 Å². The molecule has 0 saturated heterocycles. The summed E-state index contributed by atoms with van der Waals surface area (Å²) in [5.74, 6) is 0.129. The average molecular weight is 337 g/mol. The molecule has 5 nitrogen and oxygen atoms in total. The number of hydrogen-bond donors (Lipinski definition) is 0. The quantitative estimate of drug-likeness (QED) is 0.843. The SMILES string of the molecule is CN(C)C(=O)c1ccc2c(c1)CCN2C(=O)CCCc1ccccn1. The predicted octanol–water partition coefficient (Wildman–Crippen LogP) is 2.70. The third kappa shape index (κ3) is 3.87. The summed E-state index contributed by atoms with van der Waals surface area (Å²) < 4.78 is 0. The van der Waals surface area contributed by atoms with Gasteiger partial charge in [0.2, 0.25) is 5.91 Å². The lowest BCUT2D eigenvalue weighted by Gasteiger charge is -2.18. The summed E-state index contributed by atoms with van der Waals surface area (Å²) in [6, 6.07) is 11.5. The van der Waals surface area contributed by atoms with E-state index in [-0.39, 0.29) is 11.8 Å². The minimum absolute atomic E-state index is 0.0112. The van der Waals surface area contributed by atoms with Gasteiger partial charge in [-0.25, -0.2) is 0 Å². The third-order valence-corrected chi connectivity index (χ3v) is 4.48. The molecule has 0 aliphatic carbocycles. The van der Waals surface area contributed by atoms with Crippen molar-refractivity contribution in [2.75, 3.05) is 25.5 Å². The van der Waals surface area contributed by atoms with E-state index >= 15 is 0 Å². The fourth-order valence-electron chi connectivity index (χ4n) is 3.15. The largest absolute Gasteiger partial charge is 0.345 e. The lowest BCUT2D eigenvalue weighted by molar-refractivity contribution is -0.118. The van der Waals surface area contributed by atoms with E-state index < -0.39 is 0 Å². The van der Waals surface area contributed by atoms with Gasteiger partial charge in [0.1, 0.15) is 0 Å². The van der Waals surface area contributed by atoms with Crippen molar-refractivity contribution in [2.45, 2.75) is 25.7 Å². The van der Waals surface area contributed by atoms with Crippen LogP contribution in [0.4, 0.5) is 5.69 Å². The van der Waals surface area contributed by atoms with Crippen LogP contribution in [-0.4, -0.2) is 42.3 Å². The van der Waals surface area contributed by atoms with Crippen LogP contribution < -0.4 is 4.90 Å². The molecule has 2 heterocycles. The van der Waals surface area contributed by atoms with Gasteiger partial charge in [-0.2, -0.15) is 0 Å². The molecule has 3 rings (SSSR count). The summed E-state index contributed by atoms with van der Waals surface area (Å²) in [5.41, 5.74) is 3.71. The first kappa shape index (κ1) is 17.1. The Hall–Kier alpha value is -2.69. The second-order valence-electron chi connectivity index (χ2n) is 6.51. The summed E-state index contributed by atoms with van der Waals surface area (Å²) in [4.78, 5) is 32.3. The van der Waals surface area contributed by atoms with E-state index in [0.29, 0.717) is 18.5 Å². The van der Waals surface area contributed by atoms with Crippen molar-refractivity contribution in [3.05, 3.63) is 59.4 Å². The number of carbonyl (C=O) groups is 2. The zero-order valence-corrected chi connectivity index (χ0v) is 14.7. The monoisotopic (exact) mass is 337 g/mol.